The van der Waals surface area contributed by atoms with Gasteiger partial charge in [-0.05, 0) is 18.2 Å². The number of nitrogens with zero attached hydrogens (tertiary/aromatic N) is 2. The van der Waals surface area contributed by atoms with Crippen LogP contribution in [0.15, 0.2) is 29.8 Å². The number of carbonyl (C=O) groups is 1. The number of carboxylic acids is 1. The number of carboxylic acid groups (broad SMARTS) is 1. The number of thiazole rings is 1. The molecular weight excluding hydrogens is 283 g/mol. The van der Waals surface area contributed by atoms with Crippen LogP contribution in [0.3, 0.4) is 0 Å². The van der Waals surface area contributed by atoms with Crippen molar-refractivity contribution >= 4 is 22.3 Å². The largest absolute Gasteiger partial charge is 0.494 e. The first-order valence-electron chi connectivity index (χ1n) is 5.64. The molecule has 0 unspecified atom stereocenters. The highest BCUT2D eigenvalue weighted by Gasteiger charge is 2.14. The number of fused-ring (bicyclic) bond motifs is 1. The summed E-state index contributed by atoms with van der Waals surface area (Å²) >= 11 is 1.30. The molecule has 2 aromatic heterocycles. The maximum Gasteiger partial charge on any atom is 0.356 e. The fourth-order valence-corrected chi connectivity index (χ4v) is 2.80. The Kier molecular flexibility index (Phi) is 2.90. The molecule has 0 saturated heterocycles. The van der Waals surface area contributed by atoms with E-state index in [0.717, 1.165) is 0 Å². The number of aromatic carboxylic acids is 1. The predicted molar refractivity (Wildman–Crippen MR) is 72.0 cm³/mol. The number of benzene rings is 1. The summed E-state index contributed by atoms with van der Waals surface area (Å²) in [6, 6.07) is 4.59. The SMILES string of the molecule is COc1ccc(-c2csc3nc(C(=O)O)cn23)cc1F. The number of hydrogen-bond donors (Lipinski definition) is 1. The minimum absolute atomic E-state index is 0.0351. The van der Waals surface area contributed by atoms with Crippen molar-refractivity contribution in [2.24, 2.45) is 0 Å². The summed E-state index contributed by atoms with van der Waals surface area (Å²) in [6.07, 6.45) is 1.42. The van der Waals surface area contributed by atoms with Gasteiger partial charge in [-0.25, -0.2) is 14.2 Å². The van der Waals surface area contributed by atoms with Gasteiger partial charge in [0.2, 0.25) is 0 Å². The molecule has 3 aromatic rings. The Hall–Kier alpha value is -2.41. The van der Waals surface area contributed by atoms with E-state index in [0.29, 0.717) is 16.2 Å². The summed E-state index contributed by atoms with van der Waals surface area (Å²) in [7, 11) is 1.40. The number of ether oxygens (including phenoxy) is 1. The normalized spacial score (nSPS) is 10.9. The highest BCUT2D eigenvalue weighted by molar-refractivity contribution is 7.15. The van der Waals surface area contributed by atoms with Crippen LogP contribution < -0.4 is 4.74 Å². The first-order chi connectivity index (χ1) is 9.60. The van der Waals surface area contributed by atoms with Crippen LogP contribution in [0.5, 0.6) is 5.75 Å². The van der Waals surface area contributed by atoms with Crippen LogP contribution in [-0.2, 0) is 0 Å². The summed E-state index contributed by atoms with van der Waals surface area (Å²) in [5, 5.41) is 10.7. The lowest BCUT2D eigenvalue weighted by molar-refractivity contribution is 0.0691. The van der Waals surface area contributed by atoms with Gasteiger partial charge in [0.1, 0.15) is 0 Å². The number of aromatic nitrogens is 2. The van der Waals surface area contributed by atoms with Gasteiger partial charge in [0.25, 0.3) is 0 Å². The molecule has 0 bridgehead atoms. The molecule has 0 aliphatic heterocycles. The molecule has 7 heteroatoms. The van der Waals surface area contributed by atoms with Crippen LogP contribution in [0.2, 0.25) is 0 Å². The summed E-state index contributed by atoms with van der Waals surface area (Å²) in [5.74, 6) is -1.40. The molecule has 0 aliphatic rings. The van der Waals surface area contributed by atoms with E-state index in [1.807, 2.05) is 0 Å². The first-order valence-corrected chi connectivity index (χ1v) is 6.52. The Morgan fingerprint density at radius 3 is 2.95 bits per heavy atom. The van der Waals surface area contributed by atoms with E-state index < -0.39 is 11.8 Å². The Bertz CT molecular complexity index is 809. The van der Waals surface area contributed by atoms with Crippen molar-refractivity contribution in [3.05, 3.63) is 41.3 Å². The van der Waals surface area contributed by atoms with E-state index in [1.165, 1.54) is 36.8 Å². The average Bonchev–Trinajstić information content (AvgIpc) is 2.98. The quantitative estimate of drug-likeness (QED) is 0.806. The van der Waals surface area contributed by atoms with E-state index in [2.05, 4.69) is 4.98 Å². The molecule has 0 fully saturated rings. The molecule has 1 N–H and O–H groups in total. The van der Waals surface area contributed by atoms with Gasteiger partial charge in [-0.15, -0.1) is 11.3 Å². The van der Waals surface area contributed by atoms with Crippen molar-refractivity contribution in [2.75, 3.05) is 7.11 Å². The van der Waals surface area contributed by atoms with Crippen molar-refractivity contribution in [3.8, 4) is 17.0 Å². The molecule has 2 heterocycles. The Morgan fingerprint density at radius 1 is 1.50 bits per heavy atom. The third-order valence-electron chi connectivity index (χ3n) is 2.88. The Labute approximate surface area is 116 Å². The van der Waals surface area contributed by atoms with Crippen LogP contribution in [-0.4, -0.2) is 27.6 Å². The maximum absolute atomic E-state index is 13.7. The van der Waals surface area contributed by atoms with Gasteiger partial charge in [0, 0.05) is 17.1 Å². The van der Waals surface area contributed by atoms with Crippen LogP contribution >= 0.6 is 11.3 Å². The van der Waals surface area contributed by atoms with Crippen LogP contribution in [0.4, 0.5) is 4.39 Å². The molecule has 0 atom stereocenters. The zero-order valence-corrected chi connectivity index (χ0v) is 11.1. The highest BCUT2D eigenvalue weighted by atomic mass is 32.1. The van der Waals surface area contributed by atoms with Gasteiger partial charge in [-0.3, -0.25) is 4.40 Å². The van der Waals surface area contributed by atoms with Crippen LogP contribution in [0.1, 0.15) is 10.5 Å². The minimum Gasteiger partial charge on any atom is -0.494 e. The summed E-state index contributed by atoms with van der Waals surface area (Å²) < 4.78 is 20.2. The zero-order valence-electron chi connectivity index (χ0n) is 10.3. The molecule has 1 aromatic carbocycles. The second-order valence-corrected chi connectivity index (χ2v) is 4.89. The number of halogens is 1. The Morgan fingerprint density at radius 2 is 2.30 bits per heavy atom. The lowest BCUT2D eigenvalue weighted by Gasteiger charge is -2.04. The number of rotatable bonds is 3. The first kappa shape index (κ1) is 12.6. The smallest absolute Gasteiger partial charge is 0.356 e. The van der Waals surface area contributed by atoms with Gasteiger partial charge in [-0.1, -0.05) is 0 Å². The van der Waals surface area contributed by atoms with Gasteiger partial charge < -0.3 is 9.84 Å². The van der Waals surface area contributed by atoms with Crippen molar-refractivity contribution in [2.45, 2.75) is 0 Å². The van der Waals surface area contributed by atoms with Crippen molar-refractivity contribution < 1.29 is 19.0 Å². The third-order valence-corrected chi connectivity index (χ3v) is 3.72. The lowest BCUT2D eigenvalue weighted by Crippen LogP contribution is -1.95. The number of imidazole rings is 1. The Balaban J connectivity index is 2.14. The molecular formula is C13H9FN2O3S. The molecule has 0 aliphatic carbocycles. The fraction of sp³-hybridized carbons (Fsp3) is 0.0769. The molecule has 0 radical (unpaired) electrons. The van der Waals surface area contributed by atoms with Crippen LogP contribution in [0, 0.1) is 5.82 Å². The topological polar surface area (TPSA) is 63.8 Å². The highest BCUT2D eigenvalue weighted by Crippen LogP contribution is 2.29. The molecule has 5 nitrogen and oxygen atoms in total. The van der Waals surface area contributed by atoms with E-state index in [9.17, 15) is 9.18 Å². The number of methoxy groups -OCH3 is 1. The third kappa shape index (κ3) is 1.92. The molecule has 0 spiro atoms. The molecule has 0 saturated carbocycles. The van der Waals surface area contributed by atoms with Crippen LogP contribution in [0.25, 0.3) is 16.2 Å². The number of hydrogen-bond acceptors (Lipinski definition) is 4. The summed E-state index contributed by atoms with van der Waals surface area (Å²) in [6.45, 7) is 0. The standard InChI is InChI=1S/C13H9FN2O3S/c1-19-11-3-2-7(4-8(11)14)10-6-20-13-15-9(12(17)18)5-16(10)13/h2-6H,1H3,(H,17,18). The second kappa shape index (κ2) is 4.61. The van der Waals surface area contributed by atoms with Gasteiger partial charge in [0.15, 0.2) is 22.2 Å². The van der Waals surface area contributed by atoms with E-state index in [4.69, 9.17) is 9.84 Å². The lowest BCUT2D eigenvalue weighted by atomic mass is 10.1. The second-order valence-electron chi connectivity index (χ2n) is 4.05. The average molecular weight is 292 g/mol. The maximum atomic E-state index is 13.7. The fourth-order valence-electron chi connectivity index (χ4n) is 1.92. The van der Waals surface area contributed by atoms with Gasteiger partial charge >= 0.3 is 5.97 Å². The molecule has 102 valence electrons. The summed E-state index contributed by atoms with van der Waals surface area (Å²) in [5.41, 5.74) is 1.28. The monoisotopic (exact) mass is 292 g/mol. The molecule has 20 heavy (non-hydrogen) atoms. The summed E-state index contributed by atoms with van der Waals surface area (Å²) in [4.78, 5) is 15.4. The van der Waals surface area contributed by atoms with E-state index in [-0.39, 0.29) is 11.4 Å². The van der Waals surface area contributed by atoms with Crippen molar-refractivity contribution in [1.82, 2.24) is 9.38 Å². The van der Waals surface area contributed by atoms with Gasteiger partial charge in [-0.2, -0.15) is 0 Å². The molecule has 0 amide bonds. The van der Waals surface area contributed by atoms with Gasteiger partial charge in [0.05, 0.1) is 12.8 Å². The zero-order chi connectivity index (χ0) is 14.3. The van der Waals surface area contributed by atoms with E-state index >= 15 is 0 Å². The van der Waals surface area contributed by atoms with Crippen molar-refractivity contribution in [1.29, 1.82) is 0 Å². The molecule has 3 rings (SSSR count). The minimum atomic E-state index is -1.09. The van der Waals surface area contributed by atoms with E-state index in [1.54, 1.807) is 15.8 Å². The predicted octanol–water partition coefficient (Wildman–Crippen LogP) is 2.91. The van der Waals surface area contributed by atoms with Crippen molar-refractivity contribution in [3.63, 3.8) is 0 Å².